The molecule has 6 heterocycles. The molecule has 6 N–H and O–H groups in total. The van der Waals surface area contributed by atoms with Gasteiger partial charge in [-0.15, -0.1) is 0 Å². The summed E-state index contributed by atoms with van der Waals surface area (Å²) in [4.78, 5) is 61.0. The largest absolute Gasteiger partial charge is 1.00 e. The summed E-state index contributed by atoms with van der Waals surface area (Å²) in [5, 5.41) is 17.5. The van der Waals surface area contributed by atoms with Crippen molar-refractivity contribution in [2.24, 2.45) is 0 Å². The standard InChI is InChI=1S/C21H22FN3O3.C17H14FN3O2.C17H12FN3O2.B.Na.H2O4S.H/c1-3-27-21(28-4-2)14-7-5-13(6-8-14)19-24-17-12-15(22)11-16-18(17)25(19)10-9-23-20(16)26;2*18-12-7-13-15-14(8-12)20-16(21(15)6-5-19-17(13)23)11-3-1-10(9-22)2-4-11;;;1-5(2,3)4;/h5-8,11-12,21H,3-4,9-10H2,1-2H3,(H,23,26);1-4,7-8,22H,5-6,9H2,(H,19,23);1-4,7-9H,5-6H2,(H,19,23);;;(H2,1,2,3,4);/q;;;;+1;;-1. The zero-order valence-electron chi connectivity index (χ0n) is 44.8. The van der Waals surface area contributed by atoms with E-state index < -0.39 is 34.1 Å². The molecule has 6 aromatic carbocycles. The Kier molecular flexibility index (Phi) is 19.8. The van der Waals surface area contributed by atoms with E-state index in [9.17, 15) is 32.3 Å². The summed E-state index contributed by atoms with van der Waals surface area (Å²) >= 11 is 0. The van der Waals surface area contributed by atoms with Crippen molar-refractivity contribution in [2.75, 3.05) is 32.8 Å². The number of aliphatic hydroxyl groups excluding tert-OH is 1. The molecule has 0 saturated carbocycles. The van der Waals surface area contributed by atoms with Gasteiger partial charge in [-0.2, -0.15) is 8.42 Å². The number of hydrogen-bond acceptors (Lipinski definition) is 12. The van der Waals surface area contributed by atoms with Crippen molar-refractivity contribution in [3.8, 4) is 34.2 Å². The van der Waals surface area contributed by atoms with Crippen molar-refractivity contribution < 1.29 is 95.4 Å². The van der Waals surface area contributed by atoms with Crippen LogP contribution in [0.3, 0.4) is 0 Å². The molecule has 3 radical (unpaired) electrons. The Balaban J connectivity index is 0.000000187. The van der Waals surface area contributed by atoms with Crippen LogP contribution in [0, 0.1) is 17.5 Å². The molecule has 9 aromatic rings. The molecule has 0 unspecified atom stereocenters. The Morgan fingerprint density at radius 1 is 0.593 bits per heavy atom. The maximum atomic E-state index is 14.0. The number of aliphatic hydroxyl groups is 1. The minimum absolute atomic E-state index is 0. The van der Waals surface area contributed by atoms with Gasteiger partial charge in [0.2, 0.25) is 0 Å². The molecular formula is C55H51BF3N9NaO11S. The van der Waals surface area contributed by atoms with E-state index in [1.807, 2.05) is 76.1 Å². The number of amides is 3. The molecule has 12 rings (SSSR count). The number of carbonyl (C=O) groups excluding carboxylic acids is 4. The molecule has 0 aliphatic carbocycles. The number of aldehydes is 1. The third-order valence-electron chi connectivity index (χ3n) is 12.8. The van der Waals surface area contributed by atoms with Gasteiger partial charge in [-0.05, 0) is 37.6 Å². The van der Waals surface area contributed by atoms with Gasteiger partial charge in [0.25, 0.3) is 17.7 Å². The van der Waals surface area contributed by atoms with Crippen LogP contribution >= 0.6 is 0 Å². The second-order valence-electron chi connectivity index (χ2n) is 17.9. The summed E-state index contributed by atoms with van der Waals surface area (Å²) in [6, 6.07) is 30.0. The average Bonchev–Trinajstić information content (AvgIpc) is 4.23. The summed E-state index contributed by atoms with van der Waals surface area (Å²) in [5.74, 6) is -0.244. The first-order valence-electron chi connectivity index (χ1n) is 24.7. The van der Waals surface area contributed by atoms with E-state index in [2.05, 4.69) is 30.9 Å². The maximum absolute atomic E-state index is 14.0. The van der Waals surface area contributed by atoms with Gasteiger partial charge >= 0.3 is 40.0 Å². The number of rotatable bonds is 10. The molecule has 3 aliphatic heterocycles. The third kappa shape index (κ3) is 13.6. The van der Waals surface area contributed by atoms with Gasteiger partial charge in [-0.1, -0.05) is 72.8 Å². The summed E-state index contributed by atoms with van der Waals surface area (Å²) in [6.07, 6.45) is 0.365. The fourth-order valence-electron chi connectivity index (χ4n) is 9.47. The minimum atomic E-state index is -4.67. The Bertz CT molecular complexity index is 3910. The molecule has 26 heteroatoms. The van der Waals surface area contributed by atoms with Crippen LogP contribution < -0.4 is 45.5 Å². The van der Waals surface area contributed by atoms with Crippen molar-refractivity contribution in [1.29, 1.82) is 0 Å². The number of hydrogen-bond donors (Lipinski definition) is 6. The van der Waals surface area contributed by atoms with Crippen LogP contribution in [0.1, 0.15) is 74.1 Å². The predicted octanol–water partition coefficient (Wildman–Crippen LogP) is 4.22. The Hall–Kier alpha value is -7.59. The molecule has 0 bridgehead atoms. The van der Waals surface area contributed by atoms with Gasteiger partial charge in [0.15, 0.2) is 6.29 Å². The number of carbonyl (C=O) groups is 4. The first kappa shape index (κ1) is 61.0. The van der Waals surface area contributed by atoms with Crippen molar-refractivity contribution in [3.63, 3.8) is 0 Å². The van der Waals surface area contributed by atoms with E-state index >= 15 is 0 Å². The van der Waals surface area contributed by atoms with Gasteiger partial charge in [-0.25, -0.2) is 28.1 Å². The van der Waals surface area contributed by atoms with Gasteiger partial charge in [0, 0.05) is 107 Å². The predicted molar refractivity (Wildman–Crippen MR) is 291 cm³/mol. The van der Waals surface area contributed by atoms with E-state index in [4.69, 9.17) is 32.1 Å². The summed E-state index contributed by atoms with van der Waals surface area (Å²) in [6.45, 7) is 7.99. The smallest absolute Gasteiger partial charge is 1.00 e. The number of aromatic nitrogens is 6. The van der Waals surface area contributed by atoms with Crippen LogP contribution in [-0.4, -0.2) is 117 Å². The topological polar surface area (TPSA) is 271 Å². The zero-order chi connectivity index (χ0) is 56.1. The van der Waals surface area contributed by atoms with Gasteiger partial charge in [0.1, 0.15) is 41.2 Å². The number of imidazole rings is 3. The van der Waals surface area contributed by atoms with Crippen LogP contribution in [0.2, 0.25) is 0 Å². The van der Waals surface area contributed by atoms with Gasteiger partial charge in [-0.3, -0.25) is 28.3 Å². The molecule has 81 heavy (non-hydrogen) atoms. The van der Waals surface area contributed by atoms with Gasteiger partial charge in [0.05, 0.1) is 56.4 Å². The fraction of sp³-hybridized carbons (Fsp3) is 0.218. The monoisotopic (exact) mass is 1140 g/mol. The van der Waals surface area contributed by atoms with E-state index in [0.29, 0.717) is 125 Å². The van der Waals surface area contributed by atoms with Crippen LogP contribution in [0.4, 0.5) is 13.2 Å². The van der Waals surface area contributed by atoms with E-state index in [-0.39, 0.29) is 63.7 Å². The van der Waals surface area contributed by atoms with Crippen LogP contribution in [-0.2, 0) is 46.1 Å². The van der Waals surface area contributed by atoms with E-state index in [0.717, 1.165) is 34.1 Å². The molecule has 3 aromatic heterocycles. The second kappa shape index (κ2) is 26.3. The minimum Gasteiger partial charge on any atom is -1.00 e. The maximum Gasteiger partial charge on any atom is 1.00 e. The zero-order valence-corrected chi connectivity index (χ0v) is 46.6. The summed E-state index contributed by atoms with van der Waals surface area (Å²) in [5.41, 5.74) is 9.13. The molecule has 3 aliphatic rings. The van der Waals surface area contributed by atoms with Gasteiger partial charge < -0.3 is 45.7 Å². The molecule has 0 atom stereocenters. The Morgan fingerprint density at radius 3 is 1.22 bits per heavy atom. The van der Waals surface area contributed by atoms with Crippen molar-refractivity contribution >= 4 is 75.9 Å². The number of ether oxygens (including phenoxy) is 2. The van der Waals surface area contributed by atoms with E-state index in [1.54, 1.807) is 24.3 Å². The van der Waals surface area contributed by atoms with Crippen molar-refractivity contribution in [3.05, 3.63) is 160 Å². The average molecular weight is 1140 g/mol. The van der Waals surface area contributed by atoms with Crippen molar-refractivity contribution in [1.82, 2.24) is 44.6 Å². The Labute approximate surface area is 486 Å². The molecule has 20 nitrogen and oxygen atoms in total. The molecule has 0 spiro atoms. The fourth-order valence-corrected chi connectivity index (χ4v) is 9.47. The van der Waals surface area contributed by atoms with Crippen LogP contribution in [0.5, 0.6) is 0 Å². The number of halogens is 3. The third-order valence-corrected chi connectivity index (χ3v) is 12.8. The molecular weight excluding hydrogens is 1090 g/mol. The normalized spacial score (nSPS) is 13.3. The summed E-state index contributed by atoms with van der Waals surface area (Å²) < 4.78 is 90.3. The molecule has 3 amide bonds. The number of benzene rings is 6. The number of nitrogens with one attached hydrogen (secondary N) is 3. The quantitative estimate of drug-likeness (QED) is 0.0485. The second-order valence-corrected chi connectivity index (χ2v) is 18.8. The van der Waals surface area contributed by atoms with Crippen molar-refractivity contribution in [2.45, 2.75) is 46.4 Å². The number of nitrogens with zero attached hydrogens (tertiary/aromatic N) is 6. The summed E-state index contributed by atoms with van der Waals surface area (Å²) in [7, 11) is -4.67. The SMILES string of the molecule is CCOC(OCC)c1ccc(-c2nc3cc(F)cc4c3n2CCNC4=O)cc1.O=C1NCCn2c(-c3ccc(CO)cc3)nc3cc(F)cc1c32.O=Cc1ccc(-c2nc3cc(F)cc4c3n2CCNC4=O)cc1.O=S(=O)(O)O.[B].[H-].[Na+]. The van der Waals surface area contributed by atoms with E-state index in [1.165, 1.54) is 36.4 Å². The van der Waals surface area contributed by atoms with Crippen LogP contribution in [0.25, 0.3) is 67.3 Å². The first-order chi connectivity index (χ1) is 38.0. The molecule has 0 fully saturated rings. The van der Waals surface area contributed by atoms with Crippen LogP contribution in [0.15, 0.2) is 109 Å². The first-order valence-corrected chi connectivity index (χ1v) is 26.1. The molecule has 413 valence electrons. The Morgan fingerprint density at radius 2 is 0.914 bits per heavy atom. The molecule has 0 saturated heterocycles.